The Morgan fingerprint density at radius 3 is 2.63 bits per heavy atom. The quantitative estimate of drug-likeness (QED) is 0.899. The van der Waals surface area contributed by atoms with Gasteiger partial charge < -0.3 is 5.11 Å². The van der Waals surface area contributed by atoms with Gasteiger partial charge in [0.2, 0.25) is 0 Å². The van der Waals surface area contributed by atoms with Gasteiger partial charge in [-0.05, 0) is 30.7 Å². The van der Waals surface area contributed by atoms with Crippen LogP contribution in [0.25, 0.3) is 0 Å². The second-order valence-electron chi connectivity index (χ2n) is 6.20. The van der Waals surface area contributed by atoms with E-state index in [1.165, 1.54) is 25.7 Å². The van der Waals surface area contributed by atoms with Crippen molar-refractivity contribution in [2.45, 2.75) is 51.0 Å². The number of carbonyl (C=O) groups is 1. The van der Waals surface area contributed by atoms with E-state index >= 15 is 0 Å². The molecule has 0 amide bonds. The van der Waals surface area contributed by atoms with Crippen LogP contribution in [0.2, 0.25) is 0 Å². The van der Waals surface area contributed by atoms with E-state index in [2.05, 4.69) is 0 Å². The highest BCUT2D eigenvalue weighted by Crippen LogP contribution is 2.33. The van der Waals surface area contributed by atoms with Crippen LogP contribution < -0.4 is 0 Å². The lowest BCUT2D eigenvalue weighted by atomic mass is 9.91. The number of Topliss-reactive ketones (excluding diaryl/α,β-unsaturated/α-hetero) is 1. The first-order valence-electron chi connectivity index (χ1n) is 7.54. The van der Waals surface area contributed by atoms with Gasteiger partial charge in [0.25, 0.3) is 0 Å². The maximum absolute atomic E-state index is 12.3. The van der Waals surface area contributed by atoms with E-state index in [9.17, 15) is 9.90 Å². The van der Waals surface area contributed by atoms with Crippen molar-refractivity contribution in [2.75, 3.05) is 0 Å². The summed E-state index contributed by atoms with van der Waals surface area (Å²) in [5.41, 5.74) is 2.03. The second-order valence-corrected chi connectivity index (χ2v) is 6.20. The number of benzene rings is 1. The Hall–Kier alpha value is -1.15. The van der Waals surface area contributed by atoms with Gasteiger partial charge in [-0.1, -0.05) is 49.9 Å². The zero-order valence-corrected chi connectivity index (χ0v) is 11.3. The normalized spacial score (nSPS) is 24.7. The van der Waals surface area contributed by atoms with Gasteiger partial charge in [0, 0.05) is 11.5 Å². The van der Waals surface area contributed by atoms with Crippen LogP contribution in [-0.4, -0.2) is 17.0 Å². The molecule has 0 spiro atoms. The van der Waals surface area contributed by atoms with Crippen molar-refractivity contribution in [3.63, 3.8) is 0 Å². The van der Waals surface area contributed by atoms with Crippen LogP contribution in [0.3, 0.4) is 0 Å². The first-order chi connectivity index (χ1) is 9.24. The minimum Gasteiger partial charge on any atom is -0.393 e. The van der Waals surface area contributed by atoms with Crippen molar-refractivity contribution in [2.24, 2.45) is 11.8 Å². The predicted molar refractivity (Wildman–Crippen MR) is 75.2 cm³/mol. The number of aliphatic hydroxyl groups excluding tert-OH is 1. The van der Waals surface area contributed by atoms with Crippen molar-refractivity contribution < 1.29 is 9.90 Å². The average molecular weight is 258 g/mol. The number of ketones is 1. The van der Waals surface area contributed by atoms with Gasteiger partial charge in [-0.3, -0.25) is 4.79 Å². The Kier molecular flexibility index (Phi) is 3.69. The summed E-state index contributed by atoms with van der Waals surface area (Å²) in [7, 11) is 0. The number of fused-ring (bicyclic) bond motifs is 1. The summed E-state index contributed by atoms with van der Waals surface area (Å²) in [6.45, 7) is 0. The van der Waals surface area contributed by atoms with Crippen molar-refractivity contribution in [3.8, 4) is 0 Å². The van der Waals surface area contributed by atoms with E-state index in [0.717, 1.165) is 24.0 Å². The van der Waals surface area contributed by atoms with Gasteiger partial charge >= 0.3 is 0 Å². The minimum absolute atomic E-state index is 0.00815. The Labute approximate surface area is 114 Å². The third-order valence-corrected chi connectivity index (χ3v) is 4.76. The summed E-state index contributed by atoms with van der Waals surface area (Å²) < 4.78 is 0. The molecule has 0 radical (unpaired) electrons. The molecule has 1 fully saturated rings. The lowest BCUT2D eigenvalue weighted by Crippen LogP contribution is -2.20. The summed E-state index contributed by atoms with van der Waals surface area (Å²) >= 11 is 0. The molecule has 1 saturated carbocycles. The van der Waals surface area contributed by atoms with Gasteiger partial charge in [-0.15, -0.1) is 0 Å². The average Bonchev–Trinajstić information content (AvgIpc) is 3.00. The fourth-order valence-electron chi connectivity index (χ4n) is 3.76. The SMILES string of the molecule is O=C1c2ccccc2CC1CC(O)CC1CCCC1. The molecule has 2 heteroatoms. The Morgan fingerprint density at radius 2 is 1.89 bits per heavy atom. The van der Waals surface area contributed by atoms with Crippen LogP contribution in [0.1, 0.15) is 54.4 Å². The number of hydrogen-bond acceptors (Lipinski definition) is 2. The molecule has 0 aliphatic heterocycles. The molecule has 102 valence electrons. The first-order valence-corrected chi connectivity index (χ1v) is 7.54. The Balaban J connectivity index is 1.58. The number of aliphatic hydroxyl groups is 1. The van der Waals surface area contributed by atoms with E-state index in [0.29, 0.717) is 12.3 Å². The van der Waals surface area contributed by atoms with Gasteiger partial charge in [-0.2, -0.15) is 0 Å². The number of rotatable bonds is 4. The van der Waals surface area contributed by atoms with E-state index in [4.69, 9.17) is 0 Å². The molecule has 1 N–H and O–H groups in total. The monoisotopic (exact) mass is 258 g/mol. The lowest BCUT2D eigenvalue weighted by Gasteiger charge is -2.18. The maximum atomic E-state index is 12.3. The second kappa shape index (κ2) is 5.46. The zero-order valence-electron chi connectivity index (χ0n) is 11.3. The smallest absolute Gasteiger partial charge is 0.166 e. The predicted octanol–water partition coefficient (Wildman–Crippen LogP) is 3.37. The summed E-state index contributed by atoms with van der Waals surface area (Å²) in [4.78, 5) is 12.3. The van der Waals surface area contributed by atoms with Crippen molar-refractivity contribution in [1.29, 1.82) is 0 Å². The molecule has 0 aromatic heterocycles. The number of hydrogen-bond donors (Lipinski definition) is 1. The molecule has 0 saturated heterocycles. The van der Waals surface area contributed by atoms with Crippen LogP contribution >= 0.6 is 0 Å². The van der Waals surface area contributed by atoms with Crippen LogP contribution in [-0.2, 0) is 6.42 Å². The van der Waals surface area contributed by atoms with E-state index in [1.807, 2.05) is 24.3 Å². The van der Waals surface area contributed by atoms with Crippen LogP contribution in [0.4, 0.5) is 0 Å². The standard InChI is InChI=1S/C17H22O2/c18-15(9-12-5-1-2-6-12)11-14-10-13-7-3-4-8-16(13)17(14)19/h3-4,7-8,12,14-15,18H,1-2,5-6,9-11H2. The topological polar surface area (TPSA) is 37.3 Å². The first kappa shape index (κ1) is 12.9. The van der Waals surface area contributed by atoms with Crippen LogP contribution in [0.5, 0.6) is 0 Å². The molecule has 2 atom stereocenters. The summed E-state index contributed by atoms with van der Waals surface area (Å²) in [6, 6.07) is 7.87. The van der Waals surface area contributed by atoms with Crippen molar-refractivity contribution in [1.82, 2.24) is 0 Å². The molecule has 1 aromatic carbocycles. The van der Waals surface area contributed by atoms with E-state index in [-0.39, 0.29) is 17.8 Å². The molecule has 0 heterocycles. The molecule has 0 bridgehead atoms. The van der Waals surface area contributed by atoms with Gasteiger partial charge in [-0.25, -0.2) is 0 Å². The van der Waals surface area contributed by atoms with E-state index in [1.54, 1.807) is 0 Å². The Bertz CT molecular complexity index is 460. The molecule has 19 heavy (non-hydrogen) atoms. The highest BCUT2D eigenvalue weighted by Gasteiger charge is 2.32. The lowest BCUT2D eigenvalue weighted by molar-refractivity contribution is 0.0813. The van der Waals surface area contributed by atoms with Gasteiger partial charge in [0.05, 0.1) is 6.10 Å². The summed E-state index contributed by atoms with van der Waals surface area (Å²) in [5, 5.41) is 10.2. The third-order valence-electron chi connectivity index (χ3n) is 4.76. The molecule has 2 unspecified atom stereocenters. The molecule has 1 aromatic rings. The Morgan fingerprint density at radius 1 is 1.16 bits per heavy atom. The largest absolute Gasteiger partial charge is 0.393 e. The third kappa shape index (κ3) is 2.74. The highest BCUT2D eigenvalue weighted by molar-refractivity contribution is 6.02. The van der Waals surface area contributed by atoms with Gasteiger partial charge in [0.15, 0.2) is 5.78 Å². The number of carbonyl (C=O) groups excluding carboxylic acids is 1. The van der Waals surface area contributed by atoms with Crippen LogP contribution in [0.15, 0.2) is 24.3 Å². The maximum Gasteiger partial charge on any atom is 0.166 e. The molecule has 3 rings (SSSR count). The molecular formula is C17H22O2. The molecule has 2 nitrogen and oxygen atoms in total. The molecule has 2 aliphatic carbocycles. The fraction of sp³-hybridized carbons (Fsp3) is 0.588. The minimum atomic E-state index is -0.300. The fourth-order valence-corrected chi connectivity index (χ4v) is 3.76. The highest BCUT2D eigenvalue weighted by atomic mass is 16.3. The van der Waals surface area contributed by atoms with Crippen molar-refractivity contribution >= 4 is 5.78 Å². The van der Waals surface area contributed by atoms with E-state index < -0.39 is 0 Å². The summed E-state index contributed by atoms with van der Waals surface area (Å²) in [6.07, 6.45) is 7.19. The zero-order chi connectivity index (χ0) is 13.2. The van der Waals surface area contributed by atoms with Crippen molar-refractivity contribution in [3.05, 3.63) is 35.4 Å². The molecule has 2 aliphatic rings. The molecular weight excluding hydrogens is 236 g/mol. The van der Waals surface area contributed by atoms with Gasteiger partial charge in [0.1, 0.15) is 0 Å². The van der Waals surface area contributed by atoms with Crippen LogP contribution in [0, 0.1) is 11.8 Å². The summed E-state index contributed by atoms with van der Waals surface area (Å²) in [5.74, 6) is 0.934.